The van der Waals surface area contributed by atoms with E-state index in [1.165, 1.54) is 18.6 Å². The number of methoxy groups -OCH3 is 1. The van der Waals surface area contributed by atoms with Crippen LogP contribution in [0.15, 0.2) is 29.4 Å². The number of hydrogen-bond acceptors (Lipinski definition) is 5. The number of hydrogen-bond donors (Lipinski definition) is 1. The SMILES string of the molecule is COC(=O)[C@H](C)NC(=O)Cn1c(SC(F)F)nc2ccccc21. The molecule has 0 saturated heterocycles. The molecule has 2 aromatic rings. The van der Waals surface area contributed by atoms with Crippen molar-refractivity contribution in [2.45, 2.75) is 30.4 Å². The van der Waals surface area contributed by atoms with Gasteiger partial charge in [-0.1, -0.05) is 12.1 Å². The fourth-order valence-corrected chi connectivity index (χ4v) is 2.64. The third-order valence-corrected chi connectivity index (χ3v) is 3.75. The summed E-state index contributed by atoms with van der Waals surface area (Å²) < 4.78 is 31.3. The minimum Gasteiger partial charge on any atom is -0.467 e. The molecule has 1 amide bonds. The van der Waals surface area contributed by atoms with Gasteiger partial charge in [-0.25, -0.2) is 9.78 Å². The normalized spacial score (nSPS) is 12.4. The largest absolute Gasteiger partial charge is 0.467 e. The number of halogens is 2. The van der Waals surface area contributed by atoms with Crippen LogP contribution in [0.5, 0.6) is 0 Å². The average Bonchev–Trinajstić information content (AvgIpc) is 2.83. The van der Waals surface area contributed by atoms with E-state index in [4.69, 9.17) is 0 Å². The molecule has 1 aromatic carbocycles. The lowest BCUT2D eigenvalue weighted by Gasteiger charge is -2.13. The summed E-state index contributed by atoms with van der Waals surface area (Å²) in [7, 11) is 1.21. The minimum atomic E-state index is -2.65. The van der Waals surface area contributed by atoms with Gasteiger partial charge in [-0.05, 0) is 30.8 Å². The van der Waals surface area contributed by atoms with Gasteiger partial charge in [0, 0.05) is 0 Å². The molecule has 0 unspecified atom stereocenters. The second-order valence-corrected chi connectivity index (χ2v) is 5.62. The lowest BCUT2D eigenvalue weighted by atomic mass is 10.3. The number of imidazole rings is 1. The van der Waals surface area contributed by atoms with Crippen LogP contribution in [-0.4, -0.2) is 40.3 Å². The summed E-state index contributed by atoms with van der Waals surface area (Å²) in [6, 6.07) is 6.00. The molecule has 1 heterocycles. The van der Waals surface area contributed by atoms with Crippen LogP contribution in [0, 0.1) is 0 Å². The molecule has 9 heteroatoms. The highest BCUT2D eigenvalue weighted by atomic mass is 32.2. The summed E-state index contributed by atoms with van der Waals surface area (Å²) in [5, 5.41) is 2.50. The maximum Gasteiger partial charge on any atom is 0.328 e. The Kier molecular flexibility index (Phi) is 5.54. The van der Waals surface area contributed by atoms with Crippen LogP contribution in [0.4, 0.5) is 8.78 Å². The predicted octanol–water partition coefficient (Wildman–Crippen LogP) is 2.03. The predicted molar refractivity (Wildman–Crippen MR) is 81.2 cm³/mol. The van der Waals surface area contributed by atoms with Crippen molar-refractivity contribution in [3.05, 3.63) is 24.3 Å². The first kappa shape index (κ1) is 17.2. The maximum atomic E-state index is 12.7. The van der Waals surface area contributed by atoms with Crippen molar-refractivity contribution >= 4 is 34.7 Å². The Morgan fingerprint density at radius 3 is 2.74 bits per heavy atom. The Balaban J connectivity index is 2.23. The van der Waals surface area contributed by atoms with Gasteiger partial charge < -0.3 is 14.6 Å². The van der Waals surface area contributed by atoms with Crippen LogP contribution < -0.4 is 5.32 Å². The number of para-hydroxylation sites is 2. The third kappa shape index (κ3) is 4.19. The van der Waals surface area contributed by atoms with Crippen LogP contribution >= 0.6 is 11.8 Å². The Labute approximate surface area is 135 Å². The fourth-order valence-electron chi connectivity index (χ4n) is 2.04. The molecule has 1 N–H and O–H groups in total. The number of benzene rings is 1. The average molecular weight is 343 g/mol. The van der Waals surface area contributed by atoms with Gasteiger partial charge in [0.15, 0.2) is 5.16 Å². The molecule has 0 bridgehead atoms. The van der Waals surface area contributed by atoms with E-state index in [1.807, 2.05) is 0 Å². The van der Waals surface area contributed by atoms with E-state index in [2.05, 4.69) is 15.0 Å². The molecule has 0 spiro atoms. The van der Waals surface area contributed by atoms with Gasteiger partial charge in [0.2, 0.25) is 5.91 Å². The standard InChI is InChI=1S/C14H15F2N3O3S/c1-8(12(21)22-2)17-11(20)7-19-10-6-4-3-5-9(10)18-14(19)23-13(15)16/h3-6,8,13H,7H2,1-2H3,(H,17,20)/t8-/m0/s1. The van der Waals surface area contributed by atoms with Gasteiger partial charge in [0.1, 0.15) is 12.6 Å². The van der Waals surface area contributed by atoms with E-state index < -0.39 is 23.7 Å². The lowest BCUT2D eigenvalue weighted by molar-refractivity contribution is -0.144. The van der Waals surface area contributed by atoms with Gasteiger partial charge >= 0.3 is 5.97 Å². The number of ether oxygens (including phenoxy) is 1. The van der Waals surface area contributed by atoms with Crippen molar-refractivity contribution in [2.75, 3.05) is 7.11 Å². The topological polar surface area (TPSA) is 73.2 Å². The minimum absolute atomic E-state index is 0.0436. The smallest absolute Gasteiger partial charge is 0.328 e. The summed E-state index contributed by atoms with van der Waals surface area (Å²) >= 11 is 0.269. The monoisotopic (exact) mass is 343 g/mol. The maximum absolute atomic E-state index is 12.7. The number of thioether (sulfide) groups is 1. The van der Waals surface area contributed by atoms with E-state index in [-0.39, 0.29) is 23.5 Å². The molecule has 124 valence electrons. The molecular weight excluding hydrogens is 328 g/mol. The Bertz CT molecular complexity index is 720. The Morgan fingerprint density at radius 2 is 2.09 bits per heavy atom. The molecule has 0 aliphatic rings. The number of aromatic nitrogens is 2. The van der Waals surface area contributed by atoms with E-state index in [1.54, 1.807) is 24.3 Å². The molecule has 6 nitrogen and oxygen atoms in total. The summed E-state index contributed by atoms with van der Waals surface area (Å²) in [4.78, 5) is 27.5. The third-order valence-electron chi connectivity index (χ3n) is 3.05. The van der Waals surface area contributed by atoms with Gasteiger partial charge in [-0.15, -0.1) is 0 Å². The molecule has 2 rings (SSSR count). The van der Waals surface area contributed by atoms with E-state index in [9.17, 15) is 18.4 Å². The fraction of sp³-hybridized carbons (Fsp3) is 0.357. The van der Waals surface area contributed by atoms with Crippen LogP contribution in [-0.2, 0) is 20.9 Å². The van der Waals surface area contributed by atoms with Crippen LogP contribution in [0.25, 0.3) is 11.0 Å². The van der Waals surface area contributed by atoms with E-state index >= 15 is 0 Å². The summed E-state index contributed by atoms with van der Waals surface area (Å²) in [5.41, 5.74) is 1.08. The van der Waals surface area contributed by atoms with Crippen molar-refractivity contribution in [1.82, 2.24) is 14.9 Å². The molecule has 23 heavy (non-hydrogen) atoms. The number of carbonyl (C=O) groups is 2. The first-order chi connectivity index (χ1) is 10.9. The van der Waals surface area contributed by atoms with Gasteiger partial charge in [0.05, 0.1) is 18.1 Å². The number of nitrogens with one attached hydrogen (secondary N) is 1. The number of amides is 1. The molecule has 0 fully saturated rings. The lowest BCUT2D eigenvalue weighted by Crippen LogP contribution is -2.40. The highest BCUT2D eigenvalue weighted by molar-refractivity contribution is 7.99. The highest BCUT2D eigenvalue weighted by Crippen LogP contribution is 2.28. The number of carbonyl (C=O) groups excluding carboxylic acids is 2. The van der Waals surface area contributed by atoms with Crippen molar-refractivity contribution in [1.29, 1.82) is 0 Å². The second kappa shape index (κ2) is 7.40. The van der Waals surface area contributed by atoms with Crippen LogP contribution in [0.3, 0.4) is 0 Å². The number of alkyl halides is 2. The Hall–Kier alpha value is -2.16. The van der Waals surface area contributed by atoms with Crippen molar-refractivity contribution in [3.8, 4) is 0 Å². The highest BCUT2D eigenvalue weighted by Gasteiger charge is 2.20. The zero-order valence-corrected chi connectivity index (χ0v) is 13.3. The molecule has 0 saturated carbocycles. The first-order valence-electron chi connectivity index (χ1n) is 6.69. The number of fused-ring (bicyclic) bond motifs is 1. The molecule has 0 radical (unpaired) electrons. The van der Waals surface area contributed by atoms with Crippen molar-refractivity contribution in [2.24, 2.45) is 0 Å². The summed E-state index contributed by atoms with van der Waals surface area (Å²) in [5.74, 6) is -3.74. The van der Waals surface area contributed by atoms with Gasteiger partial charge in [-0.2, -0.15) is 8.78 Å². The van der Waals surface area contributed by atoms with Crippen LogP contribution in [0.1, 0.15) is 6.92 Å². The van der Waals surface area contributed by atoms with E-state index in [0.717, 1.165) is 0 Å². The second-order valence-electron chi connectivity index (χ2n) is 4.66. The van der Waals surface area contributed by atoms with Gasteiger partial charge in [0.25, 0.3) is 5.76 Å². The number of nitrogens with zero attached hydrogens (tertiary/aromatic N) is 2. The molecule has 1 aromatic heterocycles. The number of rotatable bonds is 6. The number of esters is 1. The molecule has 0 aliphatic carbocycles. The first-order valence-corrected chi connectivity index (χ1v) is 7.57. The Morgan fingerprint density at radius 1 is 1.39 bits per heavy atom. The van der Waals surface area contributed by atoms with Crippen molar-refractivity contribution < 1.29 is 23.1 Å². The van der Waals surface area contributed by atoms with E-state index in [0.29, 0.717) is 11.0 Å². The molecule has 0 aliphatic heterocycles. The quantitative estimate of drug-likeness (QED) is 0.642. The zero-order chi connectivity index (χ0) is 17.0. The zero-order valence-electron chi connectivity index (χ0n) is 12.5. The molecular formula is C14H15F2N3O3S. The summed E-state index contributed by atoms with van der Waals surface area (Å²) in [6.45, 7) is 1.25. The molecule has 1 atom stereocenters. The van der Waals surface area contributed by atoms with Gasteiger partial charge in [-0.3, -0.25) is 4.79 Å². The van der Waals surface area contributed by atoms with Crippen LogP contribution in [0.2, 0.25) is 0 Å². The summed E-state index contributed by atoms with van der Waals surface area (Å²) in [6.07, 6.45) is 0. The van der Waals surface area contributed by atoms with Crippen molar-refractivity contribution in [3.63, 3.8) is 0 Å².